The first-order valence-electron chi connectivity index (χ1n) is 8.18. The summed E-state index contributed by atoms with van der Waals surface area (Å²) >= 11 is 1.70. The maximum Gasteiger partial charge on any atom is 0.227 e. The minimum atomic E-state index is 0.165. The van der Waals surface area contributed by atoms with Crippen molar-refractivity contribution >= 4 is 29.0 Å². The maximum absolute atomic E-state index is 12.3. The van der Waals surface area contributed by atoms with Crippen LogP contribution in [-0.4, -0.2) is 41.1 Å². The summed E-state index contributed by atoms with van der Waals surface area (Å²) in [6, 6.07) is 6.35. The first-order chi connectivity index (χ1) is 11.6. The predicted molar refractivity (Wildman–Crippen MR) is 101 cm³/mol. The van der Waals surface area contributed by atoms with Crippen molar-refractivity contribution in [3.8, 4) is 0 Å². The molecule has 3 rings (SSSR count). The van der Waals surface area contributed by atoms with Gasteiger partial charge in [0.25, 0.3) is 0 Å². The number of anilines is 2. The predicted octanol–water partition coefficient (Wildman–Crippen LogP) is 2.70. The minimum absolute atomic E-state index is 0.165. The van der Waals surface area contributed by atoms with Gasteiger partial charge in [-0.15, -0.1) is 0 Å². The van der Waals surface area contributed by atoms with E-state index in [0.29, 0.717) is 6.42 Å². The van der Waals surface area contributed by atoms with Gasteiger partial charge in [-0.2, -0.15) is 11.8 Å². The summed E-state index contributed by atoms with van der Waals surface area (Å²) in [6.45, 7) is 1.81. The highest BCUT2D eigenvalue weighted by molar-refractivity contribution is 7.98. The van der Waals surface area contributed by atoms with Crippen molar-refractivity contribution in [2.24, 2.45) is 7.05 Å². The normalized spacial score (nSPS) is 13.2. The third kappa shape index (κ3) is 3.59. The van der Waals surface area contributed by atoms with E-state index in [1.54, 1.807) is 16.7 Å². The zero-order valence-electron chi connectivity index (χ0n) is 14.5. The van der Waals surface area contributed by atoms with E-state index in [0.717, 1.165) is 36.6 Å². The fraction of sp³-hybridized carbons (Fsp3) is 0.444. The van der Waals surface area contributed by atoms with Gasteiger partial charge >= 0.3 is 0 Å². The molecule has 1 aliphatic rings. The molecule has 0 saturated heterocycles. The summed E-state index contributed by atoms with van der Waals surface area (Å²) < 4.78 is 1.97. The molecule has 1 aliphatic heterocycles. The topological polar surface area (TPSA) is 41.4 Å². The monoisotopic (exact) mass is 344 g/mol. The molecule has 2 heterocycles. The number of aromatic nitrogens is 2. The van der Waals surface area contributed by atoms with E-state index in [2.05, 4.69) is 34.3 Å². The standard InChI is InChI=1S/C18H24N4OS/c1-20-11-15(19-13-20)12-22-8-6-14-4-5-16(10-17(14)22)21(2)18(23)7-9-24-3/h4-5,10-11,13H,6-9,12H2,1-3H3. The molecule has 24 heavy (non-hydrogen) atoms. The summed E-state index contributed by atoms with van der Waals surface area (Å²) in [5.41, 5.74) is 4.61. The fourth-order valence-corrected chi connectivity index (χ4v) is 3.43. The molecule has 0 atom stereocenters. The van der Waals surface area contributed by atoms with Crippen molar-refractivity contribution in [2.75, 3.05) is 35.4 Å². The number of carbonyl (C=O) groups is 1. The van der Waals surface area contributed by atoms with Gasteiger partial charge < -0.3 is 14.4 Å². The number of thioether (sulfide) groups is 1. The number of amides is 1. The second-order valence-electron chi connectivity index (χ2n) is 6.21. The fourth-order valence-electron chi connectivity index (χ4n) is 3.05. The highest BCUT2D eigenvalue weighted by Gasteiger charge is 2.21. The Bertz CT molecular complexity index is 728. The molecule has 6 heteroatoms. The van der Waals surface area contributed by atoms with Gasteiger partial charge in [0.05, 0.1) is 18.6 Å². The molecular weight excluding hydrogens is 320 g/mol. The molecular formula is C18H24N4OS. The molecule has 1 aromatic carbocycles. The molecule has 0 bridgehead atoms. The van der Waals surface area contributed by atoms with Crippen molar-refractivity contribution < 1.29 is 4.79 Å². The molecule has 1 aromatic heterocycles. The van der Waals surface area contributed by atoms with E-state index in [4.69, 9.17) is 0 Å². The van der Waals surface area contributed by atoms with Crippen LogP contribution in [0.15, 0.2) is 30.7 Å². The average molecular weight is 344 g/mol. The Morgan fingerprint density at radius 3 is 2.96 bits per heavy atom. The lowest BCUT2D eigenvalue weighted by Gasteiger charge is -2.22. The van der Waals surface area contributed by atoms with Crippen LogP contribution in [0.1, 0.15) is 17.7 Å². The van der Waals surface area contributed by atoms with Crippen LogP contribution in [-0.2, 0) is 24.8 Å². The Morgan fingerprint density at radius 2 is 2.25 bits per heavy atom. The molecule has 0 N–H and O–H groups in total. The number of aryl methyl sites for hydroxylation is 1. The number of benzene rings is 1. The van der Waals surface area contributed by atoms with E-state index in [1.165, 1.54) is 11.3 Å². The Morgan fingerprint density at radius 1 is 1.42 bits per heavy atom. The van der Waals surface area contributed by atoms with Crippen LogP contribution in [0, 0.1) is 0 Å². The van der Waals surface area contributed by atoms with Crippen molar-refractivity contribution in [2.45, 2.75) is 19.4 Å². The van der Waals surface area contributed by atoms with Gasteiger partial charge in [0.15, 0.2) is 0 Å². The molecule has 0 aliphatic carbocycles. The number of imidazole rings is 1. The summed E-state index contributed by atoms with van der Waals surface area (Å²) in [5, 5.41) is 0. The van der Waals surface area contributed by atoms with Crippen LogP contribution in [0.5, 0.6) is 0 Å². The maximum atomic E-state index is 12.3. The minimum Gasteiger partial charge on any atom is -0.365 e. The lowest BCUT2D eigenvalue weighted by atomic mass is 10.1. The zero-order chi connectivity index (χ0) is 17.1. The largest absolute Gasteiger partial charge is 0.365 e. The first-order valence-corrected chi connectivity index (χ1v) is 9.58. The third-order valence-electron chi connectivity index (χ3n) is 4.45. The van der Waals surface area contributed by atoms with E-state index in [9.17, 15) is 4.79 Å². The molecule has 0 spiro atoms. The number of fused-ring (bicyclic) bond motifs is 1. The van der Waals surface area contributed by atoms with E-state index >= 15 is 0 Å². The van der Waals surface area contributed by atoms with Crippen LogP contribution in [0.25, 0.3) is 0 Å². The average Bonchev–Trinajstić information content (AvgIpc) is 3.18. The third-order valence-corrected chi connectivity index (χ3v) is 5.07. The number of nitrogens with zero attached hydrogens (tertiary/aromatic N) is 4. The smallest absolute Gasteiger partial charge is 0.227 e. The molecule has 0 fully saturated rings. The number of rotatable bonds is 6. The molecule has 5 nitrogen and oxygen atoms in total. The Kier molecular flexibility index (Phi) is 5.14. The van der Waals surface area contributed by atoms with Gasteiger partial charge in [-0.1, -0.05) is 6.07 Å². The van der Waals surface area contributed by atoms with Crippen LogP contribution < -0.4 is 9.80 Å². The van der Waals surface area contributed by atoms with Crippen LogP contribution in [0.4, 0.5) is 11.4 Å². The van der Waals surface area contributed by atoms with Crippen molar-refractivity contribution in [1.82, 2.24) is 9.55 Å². The van der Waals surface area contributed by atoms with E-state index in [1.807, 2.05) is 31.2 Å². The van der Waals surface area contributed by atoms with Gasteiger partial charge in [0.2, 0.25) is 5.91 Å². The van der Waals surface area contributed by atoms with Crippen molar-refractivity contribution in [3.05, 3.63) is 42.0 Å². The Labute approximate surface area is 147 Å². The lowest BCUT2D eigenvalue weighted by molar-refractivity contribution is -0.117. The van der Waals surface area contributed by atoms with Gasteiger partial charge in [-0.25, -0.2) is 4.98 Å². The molecule has 0 saturated carbocycles. The molecule has 1 amide bonds. The lowest BCUT2D eigenvalue weighted by Crippen LogP contribution is -2.27. The summed E-state index contributed by atoms with van der Waals surface area (Å²) in [4.78, 5) is 20.8. The van der Waals surface area contributed by atoms with Gasteiger partial charge in [0.1, 0.15) is 0 Å². The molecule has 128 valence electrons. The Balaban J connectivity index is 1.76. The molecule has 2 aromatic rings. The van der Waals surface area contributed by atoms with Crippen LogP contribution in [0.2, 0.25) is 0 Å². The second-order valence-corrected chi connectivity index (χ2v) is 7.20. The SMILES string of the molecule is CSCCC(=O)N(C)c1ccc2c(c1)N(Cc1cn(C)cn1)CC2. The highest BCUT2D eigenvalue weighted by Crippen LogP contribution is 2.33. The summed E-state index contributed by atoms with van der Waals surface area (Å²) in [5.74, 6) is 1.03. The number of carbonyl (C=O) groups excluding carboxylic acids is 1. The quantitative estimate of drug-likeness (QED) is 0.808. The van der Waals surface area contributed by atoms with Gasteiger partial charge in [-0.05, 0) is 30.4 Å². The van der Waals surface area contributed by atoms with E-state index in [-0.39, 0.29) is 5.91 Å². The number of hydrogen-bond acceptors (Lipinski definition) is 4. The summed E-state index contributed by atoms with van der Waals surface area (Å²) in [6.07, 6.45) is 7.54. The molecule has 0 radical (unpaired) electrons. The Hall–Kier alpha value is -1.95. The zero-order valence-corrected chi connectivity index (χ0v) is 15.3. The van der Waals surface area contributed by atoms with Gasteiger partial charge in [0, 0.05) is 50.4 Å². The van der Waals surface area contributed by atoms with Crippen LogP contribution in [0.3, 0.4) is 0 Å². The molecule has 0 unspecified atom stereocenters. The van der Waals surface area contributed by atoms with Crippen LogP contribution >= 0.6 is 11.8 Å². The summed E-state index contributed by atoms with van der Waals surface area (Å²) in [7, 11) is 3.85. The first kappa shape index (κ1) is 16.9. The highest BCUT2D eigenvalue weighted by atomic mass is 32.2. The van der Waals surface area contributed by atoms with E-state index < -0.39 is 0 Å². The van der Waals surface area contributed by atoms with Crippen molar-refractivity contribution in [1.29, 1.82) is 0 Å². The number of hydrogen-bond donors (Lipinski definition) is 0. The van der Waals surface area contributed by atoms with Gasteiger partial charge in [-0.3, -0.25) is 4.79 Å². The second kappa shape index (κ2) is 7.30. The van der Waals surface area contributed by atoms with Crippen molar-refractivity contribution in [3.63, 3.8) is 0 Å².